The fraction of sp³-hybridized carbons (Fsp3) is 0.429. The third kappa shape index (κ3) is 6.64. The molecule has 9 heteroatoms. The van der Waals surface area contributed by atoms with Crippen molar-refractivity contribution >= 4 is 15.7 Å². The maximum atomic E-state index is 13.6. The number of hydrogen-bond acceptors (Lipinski definition) is 5. The lowest BCUT2D eigenvalue weighted by molar-refractivity contribution is 0.0673. The predicted octanol–water partition coefficient (Wildman–Crippen LogP) is 5.10. The third-order valence-corrected chi connectivity index (χ3v) is 8.37. The molecule has 1 aliphatic rings. The Morgan fingerprint density at radius 1 is 1.14 bits per heavy atom. The number of nitrogens with zero attached hydrogens (tertiary/aromatic N) is 3. The van der Waals surface area contributed by atoms with Gasteiger partial charge in [-0.05, 0) is 49.6 Å². The van der Waals surface area contributed by atoms with Crippen LogP contribution in [0.3, 0.4) is 0 Å². The van der Waals surface area contributed by atoms with E-state index in [9.17, 15) is 17.6 Å². The third-order valence-electron chi connectivity index (χ3n) is 6.79. The molecule has 0 aliphatic heterocycles. The average Bonchev–Trinajstić information content (AvgIpc) is 3.31. The van der Waals surface area contributed by atoms with Crippen LogP contribution in [0.1, 0.15) is 65.3 Å². The minimum atomic E-state index is -3.74. The van der Waals surface area contributed by atoms with Gasteiger partial charge in [0.1, 0.15) is 5.82 Å². The van der Waals surface area contributed by atoms with Crippen LogP contribution in [0.25, 0.3) is 0 Å². The highest BCUT2D eigenvalue weighted by atomic mass is 32.2. The molecule has 1 aromatic heterocycles. The summed E-state index contributed by atoms with van der Waals surface area (Å²) in [5.41, 5.74) is 2.74. The van der Waals surface area contributed by atoms with Gasteiger partial charge in [-0.25, -0.2) is 17.8 Å². The van der Waals surface area contributed by atoms with Crippen molar-refractivity contribution in [3.05, 3.63) is 82.9 Å². The van der Waals surface area contributed by atoms with E-state index in [4.69, 9.17) is 4.74 Å². The van der Waals surface area contributed by atoms with Crippen molar-refractivity contribution in [2.24, 2.45) is 0 Å². The first-order valence-corrected chi connectivity index (χ1v) is 14.3. The van der Waals surface area contributed by atoms with Gasteiger partial charge in [0.2, 0.25) is 15.0 Å². The summed E-state index contributed by atoms with van der Waals surface area (Å²) in [7, 11) is -2.18. The highest BCUT2D eigenvalue weighted by molar-refractivity contribution is 7.90. The van der Waals surface area contributed by atoms with Crippen molar-refractivity contribution in [2.75, 3.05) is 20.3 Å². The monoisotopic (exact) mass is 527 g/mol. The summed E-state index contributed by atoms with van der Waals surface area (Å²) < 4.78 is 47.7. The SMILES string of the molecule is COCCN(Cc1cnc(S(=O)(=O)Cc2cccc(C)c2)n1C1CCCCC1)C(=O)c1ccc(F)cc1. The number of imidazole rings is 1. The summed E-state index contributed by atoms with van der Waals surface area (Å²) in [5, 5.41) is 0.0526. The van der Waals surface area contributed by atoms with Gasteiger partial charge in [-0.2, -0.15) is 0 Å². The van der Waals surface area contributed by atoms with Gasteiger partial charge in [0.05, 0.1) is 30.8 Å². The maximum Gasteiger partial charge on any atom is 0.254 e. The lowest BCUT2D eigenvalue weighted by atomic mass is 9.95. The summed E-state index contributed by atoms with van der Waals surface area (Å²) in [5.74, 6) is -0.837. The first kappa shape index (κ1) is 27.0. The summed E-state index contributed by atoms with van der Waals surface area (Å²) >= 11 is 0. The highest BCUT2D eigenvalue weighted by Crippen LogP contribution is 2.33. The number of rotatable bonds is 10. The quantitative estimate of drug-likeness (QED) is 0.367. The van der Waals surface area contributed by atoms with E-state index >= 15 is 0 Å². The van der Waals surface area contributed by atoms with Crippen LogP contribution in [0.15, 0.2) is 59.9 Å². The molecular weight excluding hydrogens is 493 g/mol. The van der Waals surface area contributed by atoms with Gasteiger partial charge >= 0.3 is 0 Å². The molecule has 198 valence electrons. The Kier molecular flexibility index (Phi) is 8.76. The van der Waals surface area contributed by atoms with E-state index in [0.717, 1.165) is 37.7 Å². The van der Waals surface area contributed by atoms with E-state index in [-0.39, 0.29) is 29.4 Å². The second kappa shape index (κ2) is 12.0. The number of carbonyl (C=O) groups excluding carboxylic acids is 1. The molecule has 0 N–H and O–H groups in total. The zero-order valence-electron chi connectivity index (χ0n) is 21.4. The molecule has 0 unspecified atom stereocenters. The molecule has 1 aliphatic carbocycles. The molecule has 0 spiro atoms. The smallest absolute Gasteiger partial charge is 0.254 e. The molecule has 0 saturated heterocycles. The minimum absolute atomic E-state index is 0.00117. The Morgan fingerprint density at radius 3 is 2.54 bits per heavy atom. The number of aromatic nitrogens is 2. The fourth-order valence-corrected chi connectivity index (χ4v) is 6.49. The van der Waals surface area contributed by atoms with E-state index in [1.807, 2.05) is 35.8 Å². The van der Waals surface area contributed by atoms with Gasteiger partial charge in [0.15, 0.2) is 0 Å². The second-order valence-electron chi connectivity index (χ2n) is 9.67. The Hall–Kier alpha value is -3.04. The lowest BCUT2D eigenvalue weighted by Gasteiger charge is -2.29. The number of halogens is 1. The summed E-state index contributed by atoms with van der Waals surface area (Å²) in [4.78, 5) is 19.3. The summed E-state index contributed by atoms with van der Waals surface area (Å²) in [6.45, 7) is 2.71. The molecule has 0 bridgehead atoms. The van der Waals surface area contributed by atoms with Gasteiger partial charge in [-0.3, -0.25) is 4.79 Å². The number of ether oxygens (including phenoxy) is 1. The number of carbonyl (C=O) groups is 1. The number of hydrogen-bond donors (Lipinski definition) is 0. The number of benzene rings is 2. The maximum absolute atomic E-state index is 13.6. The van der Waals surface area contributed by atoms with E-state index in [1.54, 1.807) is 18.2 Å². The van der Waals surface area contributed by atoms with Crippen molar-refractivity contribution in [1.82, 2.24) is 14.5 Å². The zero-order chi connectivity index (χ0) is 26.4. The molecular formula is C28H34FN3O4S. The van der Waals surface area contributed by atoms with Crippen molar-refractivity contribution in [3.63, 3.8) is 0 Å². The molecule has 0 radical (unpaired) electrons. The van der Waals surface area contributed by atoms with E-state index < -0.39 is 15.7 Å². The molecule has 37 heavy (non-hydrogen) atoms. The van der Waals surface area contributed by atoms with Gasteiger partial charge in [0, 0.05) is 25.3 Å². The number of aryl methyl sites for hydroxylation is 1. The normalized spacial score (nSPS) is 14.6. The van der Waals surface area contributed by atoms with E-state index in [2.05, 4.69) is 4.98 Å². The molecule has 0 atom stereocenters. The Bertz CT molecular complexity index is 1320. The van der Waals surface area contributed by atoms with Crippen LogP contribution in [0, 0.1) is 12.7 Å². The van der Waals surface area contributed by atoms with Crippen LogP contribution >= 0.6 is 0 Å². The van der Waals surface area contributed by atoms with Crippen LogP contribution in [-0.2, 0) is 26.9 Å². The fourth-order valence-electron chi connectivity index (χ4n) is 4.96. The molecule has 4 rings (SSSR count). The summed E-state index contributed by atoms with van der Waals surface area (Å²) in [6, 6.07) is 12.9. The second-order valence-corrected chi connectivity index (χ2v) is 11.6. The van der Waals surface area contributed by atoms with Crippen LogP contribution in [-0.4, -0.2) is 49.0 Å². The predicted molar refractivity (Wildman–Crippen MR) is 139 cm³/mol. The Morgan fingerprint density at radius 2 is 1.86 bits per heavy atom. The topological polar surface area (TPSA) is 81.5 Å². The average molecular weight is 528 g/mol. The first-order chi connectivity index (χ1) is 17.8. The van der Waals surface area contributed by atoms with Crippen molar-refractivity contribution in [1.29, 1.82) is 0 Å². The van der Waals surface area contributed by atoms with Gasteiger partial charge in [-0.15, -0.1) is 0 Å². The molecule has 1 heterocycles. The largest absolute Gasteiger partial charge is 0.383 e. The highest BCUT2D eigenvalue weighted by Gasteiger charge is 2.30. The molecule has 1 fully saturated rings. The first-order valence-electron chi connectivity index (χ1n) is 12.7. The molecule has 3 aromatic rings. The number of sulfone groups is 1. The van der Waals surface area contributed by atoms with Crippen LogP contribution in [0.2, 0.25) is 0 Å². The standard InChI is InChI=1S/C28H34FN3O4S/c1-21-7-6-8-22(17-21)20-37(34,35)28-30-18-26(32(28)25-9-4-3-5-10-25)19-31(15-16-36-2)27(33)23-11-13-24(29)14-12-23/h6-8,11-14,17-18,25H,3-5,9-10,15-16,19-20H2,1-2H3. The van der Waals surface area contributed by atoms with Crippen molar-refractivity contribution in [2.45, 2.75) is 62.5 Å². The van der Waals surface area contributed by atoms with Crippen LogP contribution < -0.4 is 0 Å². The number of methoxy groups -OCH3 is 1. The van der Waals surface area contributed by atoms with Crippen LogP contribution in [0.5, 0.6) is 0 Å². The number of amides is 1. The van der Waals surface area contributed by atoms with Crippen molar-refractivity contribution in [3.8, 4) is 0 Å². The minimum Gasteiger partial charge on any atom is -0.383 e. The van der Waals surface area contributed by atoms with E-state index in [1.165, 1.54) is 24.3 Å². The molecule has 1 saturated carbocycles. The lowest BCUT2D eigenvalue weighted by Crippen LogP contribution is -2.35. The van der Waals surface area contributed by atoms with Gasteiger partial charge in [-0.1, -0.05) is 49.1 Å². The van der Waals surface area contributed by atoms with Crippen LogP contribution in [0.4, 0.5) is 4.39 Å². The molecule has 7 nitrogen and oxygen atoms in total. The Balaban J connectivity index is 1.69. The molecule has 2 aromatic carbocycles. The van der Waals surface area contributed by atoms with Gasteiger partial charge < -0.3 is 14.2 Å². The van der Waals surface area contributed by atoms with E-state index in [0.29, 0.717) is 30.0 Å². The summed E-state index contributed by atoms with van der Waals surface area (Å²) in [6.07, 6.45) is 6.45. The van der Waals surface area contributed by atoms with Crippen molar-refractivity contribution < 1.29 is 22.3 Å². The van der Waals surface area contributed by atoms with Gasteiger partial charge in [0.25, 0.3) is 5.91 Å². The Labute approximate surface area is 218 Å². The molecule has 1 amide bonds. The zero-order valence-corrected chi connectivity index (χ0v) is 22.2.